The number of carbonyl (C=O) groups excluding carboxylic acids is 1. The molecular formula is C14H18N2O2S2. The monoisotopic (exact) mass is 310 g/mol. The average Bonchev–Trinajstić information content (AvgIpc) is 3.08. The molecule has 0 fully saturated rings. The largest absolute Gasteiger partial charge is 0.396 e. The first-order valence-electron chi connectivity index (χ1n) is 6.64. The zero-order chi connectivity index (χ0) is 14.2. The molecule has 2 rings (SSSR count). The quantitative estimate of drug-likeness (QED) is 0.737. The van der Waals surface area contributed by atoms with Gasteiger partial charge in [-0.3, -0.25) is 4.79 Å². The van der Waals surface area contributed by atoms with Crippen molar-refractivity contribution in [1.29, 1.82) is 0 Å². The fraction of sp³-hybridized carbons (Fsp3) is 0.429. The van der Waals surface area contributed by atoms with Crippen LogP contribution in [-0.2, 0) is 11.2 Å². The molecule has 108 valence electrons. The van der Waals surface area contributed by atoms with Crippen LogP contribution in [0.2, 0.25) is 0 Å². The zero-order valence-corrected chi connectivity index (χ0v) is 12.8. The molecule has 2 aromatic rings. The first-order valence-corrected chi connectivity index (χ1v) is 8.46. The number of nitrogens with one attached hydrogen (secondary N) is 1. The van der Waals surface area contributed by atoms with Gasteiger partial charge in [-0.25, -0.2) is 4.98 Å². The third-order valence-corrected chi connectivity index (χ3v) is 4.44. The van der Waals surface area contributed by atoms with E-state index in [9.17, 15) is 4.79 Å². The molecule has 0 radical (unpaired) electrons. The summed E-state index contributed by atoms with van der Waals surface area (Å²) in [5.74, 6) is 0.0103. The van der Waals surface area contributed by atoms with Crippen molar-refractivity contribution in [3.05, 3.63) is 27.9 Å². The van der Waals surface area contributed by atoms with Crippen molar-refractivity contribution in [2.24, 2.45) is 0 Å². The van der Waals surface area contributed by atoms with Gasteiger partial charge < -0.3 is 10.4 Å². The van der Waals surface area contributed by atoms with Crippen LogP contribution in [0, 0.1) is 0 Å². The van der Waals surface area contributed by atoms with Crippen molar-refractivity contribution in [2.75, 3.05) is 13.2 Å². The minimum absolute atomic E-state index is 0.0103. The van der Waals surface area contributed by atoms with Gasteiger partial charge in [-0.05, 0) is 30.7 Å². The molecule has 6 heteroatoms. The Labute approximate surface area is 126 Å². The number of carbonyl (C=O) groups is 1. The van der Waals surface area contributed by atoms with E-state index in [0.29, 0.717) is 13.0 Å². The van der Waals surface area contributed by atoms with E-state index in [2.05, 4.69) is 15.7 Å². The minimum atomic E-state index is 0.0103. The molecule has 2 aromatic heterocycles. The van der Waals surface area contributed by atoms with E-state index in [1.807, 2.05) is 16.8 Å². The number of rotatable bonds is 8. The van der Waals surface area contributed by atoms with Crippen LogP contribution in [0.1, 0.15) is 25.0 Å². The molecule has 0 saturated carbocycles. The lowest BCUT2D eigenvalue weighted by atomic mass is 10.2. The number of thiazole rings is 1. The van der Waals surface area contributed by atoms with Crippen molar-refractivity contribution in [3.63, 3.8) is 0 Å². The van der Waals surface area contributed by atoms with Crippen LogP contribution >= 0.6 is 22.7 Å². The Morgan fingerprint density at radius 2 is 2.20 bits per heavy atom. The van der Waals surface area contributed by atoms with Crippen LogP contribution in [0.3, 0.4) is 0 Å². The summed E-state index contributed by atoms with van der Waals surface area (Å²) in [6.07, 6.45) is 2.98. The predicted octanol–water partition coefficient (Wildman–Crippen LogP) is 2.69. The normalized spacial score (nSPS) is 10.7. The maximum Gasteiger partial charge on any atom is 0.226 e. The Morgan fingerprint density at radius 3 is 2.95 bits per heavy atom. The topological polar surface area (TPSA) is 62.2 Å². The molecule has 0 saturated heterocycles. The summed E-state index contributed by atoms with van der Waals surface area (Å²) in [4.78, 5) is 16.2. The smallest absolute Gasteiger partial charge is 0.226 e. The van der Waals surface area contributed by atoms with Crippen molar-refractivity contribution >= 4 is 28.6 Å². The Bertz CT molecular complexity index is 523. The Hall–Kier alpha value is -1.24. The molecule has 0 bridgehead atoms. The van der Waals surface area contributed by atoms with Crippen LogP contribution in [0.5, 0.6) is 0 Å². The highest BCUT2D eigenvalue weighted by Crippen LogP contribution is 2.25. The molecule has 4 nitrogen and oxygen atoms in total. The first kappa shape index (κ1) is 15.2. The van der Waals surface area contributed by atoms with E-state index in [0.717, 1.165) is 35.5 Å². The molecule has 1 amide bonds. The summed E-state index contributed by atoms with van der Waals surface area (Å²) in [6.45, 7) is 0.887. The highest BCUT2D eigenvalue weighted by molar-refractivity contribution is 7.14. The predicted molar refractivity (Wildman–Crippen MR) is 83.1 cm³/mol. The van der Waals surface area contributed by atoms with Crippen molar-refractivity contribution in [2.45, 2.75) is 25.7 Å². The van der Waals surface area contributed by atoms with Gasteiger partial charge in [0, 0.05) is 29.5 Å². The van der Waals surface area contributed by atoms with E-state index in [1.165, 1.54) is 0 Å². The Kier molecular flexibility index (Phi) is 6.17. The highest BCUT2D eigenvalue weighted by Gasteiger charge is 2.08. The van der Waals surface area contributed by atoms with E-state index >= 15 is 0 Å². The highest BCUT2D eigenvalue weighted by atomic mass is 32.1. The molecule has 0 atom stereocenters. The van der Waals surface area contributed by atoms with Gasteiger partial charge in [0.15, 0.2) is 0 Å². The molecule has 0 aliphatic heterocycles. The van der Waals surface area contributed by atoms with Gasteiger partial charge in [-0.1, -0.05) is 0 Å². The van der Waals surface area contributed by atoms with Gasteiger partial charge in [0.25, 0.3) is 0 Å². The zero-order valence-electron chi connectivity index (χ0n) is 11.2. The van der Waals surface area contributed by atoms with E-state index in [1.54, 1.807) is 22.7 Å². The minimum Gasteiger partial charge on any atom is -0.396 e. The molecule has 2 N–H and O–H groups in total. The van der Waals surface area contributed by atoms with Crippen LogP contribution in [0.25, 0.3) is 10.6 Å². The number of unbranched alkanes of at least 4 members (excludes halogenated alkanes) is 2. The maximum absolute atomic E-state index is 11.7. The summed E-state index contributed by atoms with van der Waals surface area (Å²) < 4.78 is 0. The average molecular weight is 310 g/mol. The van der Waals surface area contributed by atoms with Gasteiger partial charge in [-0.2, -0.15) is 11.3 Å². The van der Waals surface area contributed by atoms with E-state index < -0.39 is 0 Å². The number of aliphatic hydroxyl groups is 1. The molecule has 20 heavy (non-hydrogen) atoms. The lowest BCUT2D eigenvalue weighted by molar-refractivity contribution is -0.120. The summed E-state index contributed by atoms with van der Waals surface area (Å²) >= 11 is 3.22. The summed E-state index contributed by atoms with van der Waals surface area (Å²) in [5, 5.41) is 18.5. The van der Waals surface area contributed by atoms with Crippen LogP contribution in [-0.4, -0.2) is 29.1 Å². The van der Waals surface area contributed by atoms with E-state index in [4.69, 9.17) is 5.11 Å². The lowest BCUT2D eigenvalue weighted by Gasteiger charge is -2.03. The van der Waals surface area contributed by atoms with Crippen molar-refractivity contribution < 1.29 is 9.90 Å². The standard InChI is InChI=1S/C14H18N2O2S2/c17-6-3-1-2-5-15-13(18)8-12-10-20-14(16-12)11-4-7-19-9-11/h4,7,9-10,17H,1-3,5-6,8H2,(H,15,18). The van der Waals surface area contributed by atoms with Crippen LogP contribution < -0.4 is 5.32 Å². The summed E-state index contributed by atoms with van der Waals surface area (Å²) in [7, 11) is 0. The van der Waals surface area contributed by atoms with Gasteiger partial charge in [0.05, 0.1) is 12.1 Å². The second kappa shape index (κ2) is 8.14. The number of aliphatic hydroxyl groups excluding tert-OH is 1. The van der Waals surface area contributed by atoms with Gasteiger partial charge in [0.2, 0.25) is 5.91 Å². The van der Waals surface area contributed by atoms with Crippen molar-refractivity contribution in [3.8, 4) is 10.6 Å². The van der Waals surface area contributed by atoms with Gasteiger partial charge >= 0.3 is 0 Å². The van der Waals surface area contributed by atoms with Gasteiger partial charge in [-0.15, -0.1) is 11.3 Å². The molecular weight excluding hydrogens is 292 g/mol. The molecule has 0 spiro atoms. The lowest BCUT2D eigenvalue weighted by Crippen LogP contribution is -2.26. The third kappa shape index (κ3) is 4.70. The molecule has 2 heterocycles. The number of thiophene rings is 1. The second-order valence-electron chi connectivity index (χ2n) is 4.47. The first-order chi connectivity index (χ1) is 9.79. The molecule has 0 aromatic carbocycles. The molecule has 0 aliphatic carbocycles. The van der Waals surface area contributed by atoms with Crippen molar-refractivity contribution in [1.82, 2.24) is 10.3 Å². The number of nitrogens with zero attached hydrogens (tertiary/aromatic N) is 1. The number of amides is 1. The fourth-order valence-corrected chi connectivity index (χ4v) is 3.31. The van der Waals surface area contributed by atoms with Crippen LogP contribution in [0.15, 0.2) is 22.2 Å². The fourth-order valence-electron chi connectivity index (χ4n) is 1.78. The Balaban J connectivity index is 1.74. The SMILES string of the molecule is O=C(Cc1csc(-c2ccsc2)n1)NCCCCCO. The van der Waals surface area contributed by atoms with E-state index in [-0.39, 0.29) is 12.5 Å². The maximum atomic E-state index is 11.7. The van der Waals surface area contributed by atoms with Crippen LogP contribution in [0.4, 0.5) is 0 Å². The number of aromatic nitrogens is 1. The Morgan fingerprint density at radius 1 is 1.30 bits per heavy atom. The second-order valence-corrected chi connectivity index (χ2v) is 6.11. The van der Waals surface area contributed by atoms with Gasteiger partial charge in [0.1, 0.15) is 5.01 Å². The number of hydrogen-bond acceptors (Lipinski definition) is 5. The third-order valence-electron chi connectivity index (χ3n) is 2.82. The number of hydrogen-bond donors (Lipinski definition) is 2. The summed E-state index contributed by atoms with van der Waals surface area (Å²) in [5.41, 5.74) is 1.94. The summed E-state index contributed by atoms with van der Waals surface area (Å²) in [6, 6.07) is 2.04. The molecule has 0 aliphatic rings. The molecule has 0 unspecified atom stereocenters.